The van der Waals surface area contributed by atoms with Crippen LogP contribution < -0.4 is 10.6 Å². The molecule has 2 N–H and O–H groups in total. The van der Waals surface area contributed by atoms with Crippen molar-refractivity contribution in [3.05, 3.63) is 65.7 Å². The van der Waals surface area contributed by atoms with E-state index < -0.39 is 5.97 Å². The topological polar surface area (TPSA) is 84.5 Å². The molecular weight excluding hydrogens is 472 g/mol. The Kier molecular flexibility index (Phi) is 7.37. The van der Waals surface area contributed by atoms with Gasteiger partial charge in [-0.2, -0.15) is 0 Å². The highest BCUT2D eigenvalue weighted by molar-refractivity contribution is 8.00. The van der Waals surface area contributed by atoms with Gasteiger partial charge in [0.1, 0.15) is 0 Å². The highest BCUT2D eigenvalue weighted by atomic mass is 32.2. The van der Waals surface area contributed by atoms with E-state index in [9.17, 15) is 14.4 Å². The van der Waals surface area contributed by atoms with E-state index in [2.05, 4.69) is 10.6 Å². The minimum atomic E-state index is -0.567. The molecule has 2 aromatic carbocycles. The van der Waals surface area contributed by atoms with Crippen LogP contribution in [0, 0.1) is 17.8 Å². The summed E-state index contributed by atoms with van der Waals surface area (Å²) in [5, 5.41) is 6.23. The van der Waals surface area contributed by atoms with E-state index in [1.807, 2.05) is 49.4 Å². The molecule has 0 aromatic heterocycles. The molecule has 0 saturated heterocycles. The zero-order chi connectivity index (χ0) is 25.1. The van der Waals surface area contributed by atoms with Gasteiger partial charge in [-0.15, -0.1) is 11.8 Å². The quantitative estimate of drug-likeness (QED) is 0.373. The molecule has 190 valence electrons. The number of ether oxygens (including phenoxy) is 1. The number of benzene rings is 2. The number of carbonyl (C=O) groups is 3. The Bertz CT molecular complexity index is 1080. The van der Waals surface area contributed by atoms with E-state index in [0.29, 0.717) is 10.5 Å². The van der Waals surface area contributed by atoms with Crippen molar-refractivity contribution in [1.82, 2.24) is 10.6 Å². The van der Waals surface area contributed by atoms with Crippen molar-refractivity contribution in [3.63, 3.8) is 0 Å². The lowest BCUT2D eigenvalue weighted by molar-refractivity contribution is -0.125. The van der Waals surface area contributed by atoms with Crippen molar-refractivity contribution < 1.29 is 19.1 Å². The molecule has 6 rings (SSSR count). The fraction of sp³-hybridized carbons (Fsp3) is 0.483. The van der Waals surface area contributed by atoms with Gasteiger partial charge in [0.15, 0.2) is 6.61 Å². The van der Waals surface area contributed by atoms with Crippen molar-refractivity contribution in [2.45, 2.75) is 61.9 Å². The summed E-state index contributed by atoms with van der Waals surface area (Å²) in [7, 11) is 0. The molecule has 4 aliphatic carbocycles. The van der Waals surface area contributed by atoms with Crippen LogP contribution in [0.15, 0.2) is 59.5 Å². The summed E-state index contributed by atoms with van der Waals surface area (Å²) >= 11 is 1.34. The molecule has 1 atom stereocenters. The van der Waals surface area contributed by atoms with Gasteiger partial charge in [-0.3, -0.25) is 9.59 Å². The maximum atomic E-state index is 12.9. The molecule has 1 unspecified atom stereocenters. The maximum Gasteiger partial charge on any atom is 0.339 e. The predicted molar refractivity (Wildman–Crippen MR) is 139 cm³/mol. The standard InChI is InChI=1S/C29H34N2O4S/c1-19(23-7-3-2-4-8-23)30-26(32)17-35-28(34)24-9-5-6-10-25(24)36-18-27(33)31-29-14-20-11-21(15-29)13-22(12-20)16-29/h2-10,19-22H,11-18H2,1H3,(H,30,32)(H,31,33). The number of hydrogen-bond donors (Lipinski definition) is 2. The predicted octanol–water partition coefficient (Wildman–Crippen LogP) is 4.90. The van der Waals surface area contributed by atoms with E-state index in [1.165, 1.54) is 31.0 Å². The summed E-state index contributed by atoms with van der Waals surface area (Å²) in [5.41, 5.74) is 1.33. The molecule has 4 aliphatic rings. The lowest BCUT2D eigenvalue weighted by atomic mass is 9.53. The van der Waals surface area contributed by atoms with Crippen LogP contribution in [-0.4, -0.2) is 35.7 Å². The number of nitrogens with one attached hydrogen (secondary N) is 2. The number of hydrogen-bond acceptors (Lipinski definition) is 5. The SMILES string of the molecule is CC(NC(=O)COC(=O)c1ccccc1SCC(=O)NC12CC3CC(CC(C3)C1)C2)c1ccccc1. The largest absolute Gasteiger partial charge is 0.452 e. The van der Waals surface area contributed by atoms with E-state index in [0.717, 1.165) is 42.6 Å². The third-order valence-corrected chi connectivity index (χ3v) is 8.99. The van der Waals surface area contributed by atoms with Gasteiger partial charge < -0.3 is 15.4 Å². The highest BCUT2D eigenvalue weighted by Crippen LogP contribution is 2.55. The van der Waals surface area contributed by atoms with Crippen molar-refractivity contribution >= 4 is 29.5 Å². The number of carbonyl (C=O) groups excluding carboxylic acids is 3. The van der Waals surface area contributed by atoms with Gasteiger partial charge >= 0.3 is 5.97 Å². The Morgan fingerprint density at radius 2 is 1.53 bits per heavy atom. The lowest BCUT2D eigenvalue weighted by Crippen LogP contribution is -2.60. The van der Waals surface area contributed by atoms with Gasteiger partial charge in [-0.05, 0) is 80.9 Å². The molecule has 7 heteroatoms. The molecule has 0 radical (unpaired) electrons. The maximum absolute atomic E-state index is 12.9. The van der Waals surface area contributed by atoms with Crippen LogP contribution in [0.25, 0.3) is 0 Å². The van der Waals surface area contributed by atoms with Gasteiger partial charge in [0.2, 0.25) is 5.91 Å². The summed E-state index contributed by atoms with van der Waals surface area (Å²) in [6.45, 7) is 1.52. The van der Waals surface area contributed by atoms with Crippen LogP contribution in [-0.2, 0) is 14.3 Å². The van der Waals surface area contributed by atoms with Crippen LogP contribution in [0.2, 0.25) is 0 Å². The molecule has 2 aromatic rings. The van der Waals surface area contributed by atoms with Crippen molar-refractivity contribution in [3.8, 4) is 0 Å². The van der Waals surface area contributed by atoms with Gasteiger partial charge in [-0.25, -0.2) is 4.79 Å². The van der Waals surface area contributed by atoms with Crippen molar-refractivity contribution in [2.75, 3.05) is 12.4 Å². The Morgan fingerprint density at radius 1 is 0.917 bits per heavy atom. The van der Waals surface area contributed by atoms with Crippen LogP contribution in [0.3, 0.4) is 0 Å². The highest BCUT2D eigenvalue weighted by Gasteiger charge is 2.51. The third kappa shape index (κ3) is 5.77. The first kappa shape index (κ1) is 24.9. The molecule has 4 bridgehead atoms. The smallest absolute Gasteiger partial charge is 0.339 e. The molecule has 2 amide bonds. The summed E-state index contributed by atoms with van der Waals surface area (Å²) in [4.78, 5) is 38.7. The number of esters is 1. The average Bonchev–Trinajstić information content (AvgIpc) is 2.85. The minimum absolute atomic E-state index is 0.0188. The Morgan fingerprint density at radius 3 is 2.19 bits per heavy atom. The number of thioether (sulfide) groups is 1. The van der Waals surface area contributed by atoms with E-state index in [1.54, 1.807) is 12.1 Å². The Hall–Kier alpha value is -2.80. The fourth-order valence-electron chi connectivity index (χ4n) is 6.82. The second-order valence-corrected chi connectivity index (χ2v) is 11.8. The van der Waals surface area contributed by atoms with Gasteiger partial charge in [0.25, 0.3) is 5.91 Å². The normalized spacial score (nSPS) is 26.8. The average molecular weight is 507 g/mol. The molecule has 0 aliphatic heterocycles. The molecule has 4 saturated carbocycles. The minimum Gasteiger partial charge on any atom is -0.452 e. The fourth-order valence-corrected chi connectivity index (χ4v) is 7.66. The van der Waals surface area contributed by atoms with E-state index >= 15 is 0 Å². The summed E-state index contributed by atoms with van der Waals surface area (Å²) in [6.07, 6.45) is 7.35. The first-order valence-corrected chi connectivity index (χ1v) is 13.9. The van der Waals surface area contributed by atoms with E-state index in [-0.39, 0.29) is 35.8 Å². The second kappa shape index (κ2) is 10.7. The Balaban J connectivity index is 1.12. The molecule has 0 heterocycles. The van der Waals surface area contributed by atoms with Crippen LogP contribution in [0.1, 0.15) is 67.4 Å². The van der Waals surface area contributed by atoms with Crippen LogP contribution in [0.4, 0.5) is 0 Å². The summed E-state index contributed by atoms with van der Waals surface area (Å²) < 4.78 is 5.30. The molecule has 4 fully saturated rings. The number of amides is 2. The van der Waals surface area contributed by atoms with Gasteiger partial charge in [-0.1, -0.05) is 42.5 Å². The zero-order valence-corrected chi connectivity index (χ0v) is 21.5. The van der Waals surface area contributed by atoms with Crippen LogP contribution >= 0.6 is 11.8 Å². The first-order valence-electron chi connectivity index (χ1n) is 12.9. The monoisotopic (exact) mass is 506 g/mol. The molecule has 0 spiro atoms. The van der Waals surface area contributed by atoms with Gasteiger partial charge in [0, 0.05) is 10.4 Å². The van der Waals surface area contributed by atoms with Crippen molar-refractivity contribution in [2.24, 2.45) is 17.8 Å². The number of rotatable bonds is 9. The molecular formula is C29H34N2O4S. The first-order chi connectivity index (χ1) is 17.4. The second-order valence-electron chi connectivity index (χ2n) is 10.8. The summed E-state index contributed by atoms with van der Waals surface area (Å²) in [6, 6.07) is 16.5. The summed E-state index contributed by atoms with van der Waals surface area (Å²) in [5.74, 6) is 1.66. The van der Waals surface area contributed by atoms with E-state index in [4.69, 9.17) is 4.74 Å². The third-order valence-electron chi connectivity index (χ3n) is 7.92. The molecule has 6 nitrogen and oxygen atoms in total. The lowest BCUT2D eigenvalue weighted by Gasteiger charge is -2.56. The Labute approximate surface area is 216 Å². The molecule has 36 heavy (non-hydrogen) atoms. The van der Waals surface area contributed by atoms with Gasteiger partial charge in [0.05, 0.1) is 17.4 Å². The van der Waals surface area contributed by atoms with Crippen LogP contribution in [0.5, 0.6) is 0 Å². The van der Waals surface area contributed by atoms with Crippen molar-refractivity contribution in [1.29, 1.82) is 0 Å². The zero-order valence-electron chi connectivity index (χ0n) is 20.7.